The van der Waals surface area contributed by atoms with Gasteiger partial charge in [-0.3, -0.25) is 0 Å². The average Bonchev–Trinajstić information content (AvgIpc) is 2.89. The Morgan fingerprint density at radius 1 is 1.54 bits per heavy atom. The number of benzene rings is 1. The molecule has 9 heteroatoms. The van der Waals surface area contributed by atoms with Crippen LogP contribution in [0.4, 0.5) is 4.39 Å². The molecule has 0 saturated carbocycles. The highest BCUT2D eigenvalue weighted by atomic mass is 32.2. The molecule has 2 rings (SSSR count). The van der Waals surface area contributed by atoms with Crippen molar-refractivity contribution in [2.45, 2.75) is 50.5 Å². The summed E-state index contributed by atoms with van der Waals surface area (Å²) < 4.78 is 40.5. The van der Waals surface area contributed by atoms with Crippen LogP contribution < -0.4 is 9.46 Å². The van der Waals surface area contributed by atoms with Crippen molar-refractivity contribution in [2.75, 3.05) is 20.3 Å². The average molecular weight is 384 g/mol. The molecule has 7 nitrogen and oxygen atoms in total. The first-order valence-electron chi connectivity index (χ1n) is 8.31. The fraction of sp³-hybridized carbons (Fsp3) is 0.647. The van der Waals surface area contributed by atoms with Crippen LogP contribution in [0.2, 0.25) is 0 Å². The zero-order chi connectivity index (χ0) is 19.5. The zero-order valence-corrected chi connectivity index (χ0v) is 16.5. The van der Waals surface area contributed by atoms with Gasteiger partial charge in [-0.15, -0.1) is 4.72 Å². The fourth-order valence-electron chi connectivity index (χ4n) is 2.89. The van der Waals surface area contributed by atoms with Gasteiger partial charge in [0, 0.05) is 40.9 Å². The van der Waals surface area contributed by atoms with Gasteiger partial charge in [-0.05, 0) is 45.4 Å². The number of halogens is 1. The van der Waals surface area contributed by atoms with E-state index in [0.29, 0.717) is 23.3 Å². The molecular formula is C17H25FN4O3S. The lowest BCUT2D eigenvalue weighted by Crippen LogP contribution is -2.43. The van der Waals surface area contributed by atoms with Crippen LogP contribution in [0.1, 0.15) is 44.9 Å². The second-order valence-electron chi connectivity index (χ2n) is 7.49. The van der Waals surface area contributed by atoms with Crippen LogP contribution in [-0.2, 0) is 22.5 Å². The number of rotatable bonds is 7. The van der Waals surface area contributed by atoms with Crippen molar-refractivity contribution in [1.29, 1.82) is 0 Å². The van der Waals surface area contributed by atoms with Gasteiger partial charge in [0.1, 0.15) is 21.9 Å². The molecule has 0 bridgehead atoms. The SMILES string of the molecule is COCC1(CN=[N+]=[N-])Cc2cc(F)cc(C(C)N[S+]([O-])C(C)(C)C)c2O1. The number of nitrogens with zero attached hydrogens (tertiary/aromatic N) is 3. The van der Waals surface area contributed by atoms with Crippen molar-refractivity contribution in [3.05, 3.63) is 39.5 Å². The van der Waals surface area contributed by atoms with E-state index in [4.69, 9.17) is 15.0 Å². The van der Waals surface area contributed by atoms with Crippen LogP contribution in [-0.4, -0.2) is 35.2 Å². The Kier molecular flexibility index (Phi) is 6.42. The van der Waals surface area contributed by atoms with Gasteiger partial charge in [0.15, 0.2) is 0 Å². The molecule has 0 saturated heterocycles. The maximum atomic E-state index is 14.2. The van der Waals surface area contributed by atoms with E-state index in [1.165, 1.54) is 19.2 Å². The fourth-order valence-corrected chi connectivity index (χ4v) is 3.69. The number of ether oxygens (including phenoxy) is 2. The van der Waals surface area contributed by atoms with Crippen LogP contribution in [0.15, 0.2) is 17.2 Å². The van der Waals surface area contributed by atoms with Crippen molar-refractivity contribution in [3.8, 4) is 5.75 Å². The van der Waals surface area contributed by atoms with Crippen molar-refractivity contribution in [1.82, 2.24) is 4.72 Å². The monoisotopic (exact) mass is 384 g/mol. The lowest BCUT2D eigenvalue weighted by atomic mass is 9.96. The minimum Gasteiger partial charge on any atom is -0.598 e. The molecule has 0 fully saturated rings. The highest BCUT2D eigenvalue weighted by Crippen LogP contribution is 2.41. The minimum absolute atomic E-state index is 0.0722. The first kappa shape index (κ1) is 20.8. The van der Waals surface area contributed by atoms with Gasteiger partial charge in [0.2, 0.25) is 0 Å². The summed E-state index contributed by atoms with van der Waals surface area (Å²) in [5, 5.41) is 3.62. The third-order valence-electron chi connectivity index (χ3n) is 4.13. The first-order valence-corrected chi connectivity index (χ1v) is 9.46. The van der Waals surface area contributed by atoms with E-state index in [1.54, 1.807) is 0 Å². The molecule has 1 aliphatic heterocycles. The van der Waals surface area contributed by atoms with E-state index >= 15 is 0 Å². The van der Waals surface area contributed by atoms with Gasteiger partial charge in [0.25, 0.3) is 0 Å². The third-order valence-corrected chi connectivity index (χ3v) is 5.81. The molecule has 1 aromatic carbocycles. The van der Waals surface area contributed by atoms with Gasteiger partial charge in [-0.25, -0.2) is 4.39 Å². The van der Waals surface area contributed by atoms with Gasteiger partial charge < -0.3 is 14.0 Å². The molecule has 1 aromatic rings. The summed E-state index contributed by atoms with van der Waals surface area (Å²) in [6.07, 6.45) is 0.370. The normalized spacial score (nSPS) is 21.5. The Morgan fingerprint density at radius 2 is 2.23 bits per heavy atom. The Labute approximate surface area is 156 Å². The van der Waals surface area contributed by atoms with Crippen molar-refractivity contribution >= 4 is 11.4 Å². The second-order valence-corrected chi connectivity index (χ2v) is 9.49. The Morgan fingerprint density at radius 3 is 2.81 bits per heavy atom. The number of azide groups is 1. The molecule has 3 atom stereocenters. The van der Waals surface area contributed by atoms with E-state index < -0.39 is 33.6 Å². The summed E-state index contributed by atoms with van der Waals surface area (Å²) in [4.78, 5) is 2.79. The summed E-state index contributed by atoms with van der Waals surface area (Å²) in [5.74, 6) is 0.136. The predicted octanol–water partition coefficient (Wildman–Crippen LogP) is 3.57. The topological polar surface area (TPSA) is 102 Å². The van der Waals surface area contributed by atoms with Crippen molar-refractivity contribution < 1.29 is 18.4 Å². The summed E-state index contributed by atoms with van der Waals surface area (Å²) in [6, 6.07) is 2.41. The molecule has 26 heavy (non-hydrogen) atoms. The van der Waals surface area contributed by atoms with Gasteiger partial charge in [-0.1, -0.05) is 5.11 Å². The Balaban J connectivity index is 2.35. The highest BCUT2D eigenvalue weighted by Gasteiger charge is 2.41. The molecule has 3 unspecified atom stereocenters. The summed E-state index contributed by atoms with van der Waals surface area (Å²) >= 11 is -1.32. The molecule has 1 aliphatic rings. The van der Waals surface area contributed by atoms with Crippen molar-refractivity contribution in [2.24, 2.45) is 5.11 Å². The first-order chi connectivity index (χ1) is 12.1. The summed E-state index contributed by atoms with van der Waals surface area (Å²) in [5.41, 5.74) is 9.04. The standard InChI is InChI=1S/C17H25FN4O3S/c1-11(21-26(23)16(2,3)4)14-7-13(18)6-12-8-17(10-24-5,9-20-22-19)25-15(12)14/h6-7,11,21H,8-10H2,1-5H3. The lowest BCUT2D eigenvalue weighted by molar-refractivity contribution is 0.0125. The number of nitrogens with one attached hydrogen (secondary N) is 1. The molecular weight excluding hydrogens is 359 g/mol. The van der Waals surface area contributed by atoms with Crippen LogP contribution in [0.3, 0.4) is 0 Å². The maximum Gasteiger partial charge on any atom is 0.142 e. The van der Waals surface area contributed by atoms with Crippen LogP contribution in [0.25, 0.3) is 10.4 Å². The van der Waals surface area contributed by atoms with Gasteiger partial charge in [-0.2, -0.15) is 0 Å². The largest absolute Gasteiger partial charge is 0.598 e. The molecule has 1 heterocycles. The molecule has 0 spiro atoms. The maximum absolute atomic E-state index is 14.2. The highest BCUT2D eigenvalue weighted by molar-refractivity contribution is 7.90. The molecule has 1 N–H and O–H groups in total. The van der Waals surface area contributed by atoms with Gasteiger partial charge in [0.05, 0.1) is 19.2 Å². The van der Waals surface area contributed by atoms with Gasteiger partial charge >= 0.3 is 0 Å². The molecule has 0 aliphatic carbocycles. The minimum atomic E-state index is -1.32. The molecule has 0 aromatic heterocycles. The number of methoxy groups -OCH3 is 1. The predicted molar refractivity (Wildman–Crippen MR) is 98.8 cm³/mol. The number of fused-ring (bicyclic) bond motifs is 1. The van der Waals surface area contributed by atoms with Crippen LogP contribution >= 0.6 is 0 Å². The molecule has 144 valence electrons. The smallest absolute Gasteiger partial charge is 0.142 e. The zero-order valence-electron chi connectivity index (χ0n) is 15.7. The lowest BCUT2D eigenvalue weighted by Gasteiger charge is -2.28. The Bertz CT molecular complexity index is 706. The Hall–Kier alpha value is -1.51. The van der Waals surface area contributed by atoms with Crippen LogP contribution in [0, 0.1) is 5.82 Å². The van der Waals surface area contributed by atoms with E-state index in [9.17, 15) is 8.94 Å². The van der Waals surface area contributed by atoms with E-state index in [2.05, 4.69) is 14.7 Å². The number of hydrogen-bond acceptors (Lipinski definition) is 5. The molecule has 0 radical (unpaired) electrons. The summed E-state index contributed by atoms with van der Waals surface area (Å²) in [7, 11) is 1.53. The number of hydrogen-bond donors (Lipinski definition) is 1. The van der Waals surface area contributed by atoms with E-state index in [0.717, 1.165) is 0 Å². The second kappa shape index (κ2) is 8.02. The molecule has 0 amide bonds. The summed E-state index contributed by atoms with van der Waals surface area (Å²) in [6.45, 7) is 7.67. The van der Waals surface area contributed by atoms with Crippen molar-refractivity contribution in [3.63, 3.8) is 0 Å². The van der Waals surface area contributed by atoms with Crippen LogP contribution in [0.5, 0.6) is 5.75 Å². The van der Waals surface area contributed by atoms with E-state index in [1.807, 2.05) is 27.7 Å². The van der Waals surface area contributed by atoms with E-state index in [-0.39, 0.29) is 13.2 Å². The third kappa shape index (κ3) is 4.61. The quantitative estimate of drug-likeness (QED) is 0.336.